The lowest BCUT2D eigenvalue weighted by molar-refractivity contribution is 0.0253. The summed E-state index contributed by atoms with van der Waals surface area (Å²) >= 11 is 0.860. The Hall–Kier alpha value is -3.15. The van der Waals surface area contributed by atoms with Crippen LogP contribution in [0.15, 0.2) is 30.6 Å². The first-order chi connectivity index (χ1) is 18.8. The standard InChI is InChI=1S/C15H14F2N2O3S.C13H21N3/c16-10-5-9(22-8-1-3-21-4-2-8)6-11(17)13(10)15-19-12(7-20)14(18)23-15;1-9-5-10(7-11(14)6-9)12-3-4-16-8-13(12)15-2/h5-8H,1-4,18H2;3-4,8-11,15H,5-7,14H2,1-2H3. The van der Waals surface area contributed by atoms with E-state index in [1.165, 1.54) is 12.0 Å². The summed E-state index contributed by atoms with van der Waals surface area (Å²) in [6.07, 6.45) is 8.97. The second kappa shape index (κ2) is 13.3. The molecule has 39 heavy (non-hydrogen) atoms. The summed E-state index contributed by atoms with van der Waals surface area (Å²) in [7, 11) is 1.95. The van der Waals surface area contributed by atoms with Crippen LogP contribution in [0.2, 0.25) is 0 Å². The van der Waals surface area contributed by atoms with Gasteiger partial charge in [-0.1, -0.05) is 18.3 Å². The molecule has 5 rings (SSSR count). The fraction of sp³-hybridized carbons (Fsp3) is 0.464. The molecule has 8 nitrogen and oxygen atoms in total. The Morgan fingerprint density at radius 1 is 1.18 bits per heavy atom. The maximum Gasteiger partial charge on any atom is 0.171 e. The number of nitrogens with one attached hydrogen (secondary N) is 1. The van der Waals surface area contributed by atoms with E-state index in [2.05, 4.69) is 28.3 Å². The molecule has 11 heteroatoms. The number of pyridine rings is 1. The summed E-state index contributed by atoms with van der Waals surface area (Å²) in [6.45, 7) is 3.44. The number of benzene rings is 1. The van der Waals surface area contributed by atoms with Crippen LogP contribution in [-0.4, -0.2) is 48.7 Å². The van der Waals surface area contributed by atoms with Gasteiger partial charge in [0.05, 0.1) is 30.7 Å². The Labute approximate surface area is 231 Å². The average molecular weight is 560 g/mol. The van der Waals surface area contributed by atoms with Crippen molar-refractivity contribution in [3.05, 3.63) is 53.5 Å². The van der Waals surface area contributed by atoms with Crippen LogP contribution < -0.4 is 21.5 Å². The van der Waals surface area contributed by atoms with Gasteiger partial charge in [-0.05, 0) is 42.7 Å². The third-order valence-corrected chi connectivity index (χ3v) is 7.95. The normalized spacial score (nSPS) is 21.5. The van der Waals surface area contributed by atoms with E-state index in [-0.39, 0.29) is 33.1 Å². The maximum absolute atomic E-state index is 14.3. The van der Waals surface area contributed by atoms with Gasteiger partial charge in [0.15, 0.2) is 6.29 Å². The van der Waals surface area contributed by atoms with E-state index in [1.807, 2.05) is 19.4 Å². The van der Waals surface area contributed by atoms with Gasteiger partial charge < -0.3 is 26.3 Å². The summed E-state index contributed by atoms with van der Waals surface area (Å²) in [4.78, 5) is 18.8. The molecule has 0 spiro atoms. The Morgan fingerprint density at radius 3 is 2.51 bits per heavy atom. The summed E-state index contributed by atoms with van der Waals surface area (Å²) in [5.74, 6) is -0.178. The lowest BCUT2D eigenvalue weighted by atomic mass is 9.76. The molecule has 2 aliphatic rings. The Balaban J connectivity index is 0.000000193. The second-order valence-corrected chi connectivity index (χ2v) is 11.1. The number of carbonyl (C=O) groups is 1. The zero-order valence-electron chi connectivity index (χ0n) is 22.2. The zero-order chi connectivity index (χ0) is 27.9. The van der Waals surface area contributed by atoms with Gasteiger partial charge in [-0.2, -0.15) is 0 Å². The van der Waals surface area contributed by atoms with E-state index in [1.54, 1.807) is 0 Å². The lowest BCUT2D eigenvalue weighted by Crippen LogP contribution is -2.31. The number of hydrogen-bond donors (Lipinski definition) is 3. The molecule has 3 unspecified atom stereocenters. The van der Waals surface area contributed by atoms with E-state index in [0.717, 1.165) is 47.9 Å². The van der Waals surface area contributed by atoms with Crippen molar-refractivity contribution in [2.45, 2.75) is 57.1 Å². The predicted molar refractivity (Wildman–Crippen MR) is 149 cm³/mol. The number of anilines is 2. The molecule has 0 radical (unpaired) electrons. The van der Waals surface area contributed by atoms with E-state index in [0.29, 0.717) is 44.3 Å². The highest BCUT2D eigenvalue weighted by molar-refractivity contribution is 7.19. The summed E-state index contributed by atoms with van der Waals surface area (Å²) in [5, 5.41) is 3.37. The van der Waals surface area contributed by atoms with Crippen molar-refractivity contribution in [2.24, 2.45) is 11.7 Å². The van der Waals surface area contributed by atoms with E-state index in [9.17, 15) is 13.6 Å². The van der Waals surface area contributed by atoms with Crippen LogP contribution in [0.5, 0.6) is 5.75 Å². The van der Waals surface area contributed by atoms with E-state index < -0.39 is 11.6 Å². The summed E-state index contributed by atoms with van der Waals surface area (Å²) < 4.78 is 39.4. The Bertz CT molecular complexity index is 1230. The molecule has 0 bridgehead atoms. The number of carbonyl (C=O) groups excluding carboxylic acids is 1. The van der Waals surface area contributed by atoms with Crippen LogP contribution in [0.4, 0.5) is 19.5 Å². The molecule has 5 N–H and O–H groups in total. The van der Waals surface area contributed by atoms with Gasteiger partial charge in [0, 0.05) is 44.3 Å². The van der Waals surface area contributed by atoms with Gasteiger partial charge in [-0.3, -0.25) is 9.78 Å². The predicted octanol–water partition coefficient (Wildman–Crippen LogP) is 5.40. The van der Waals surface area contributed by atoms with Crippen molar-refractivity contribution < 1.29 is 23.0 Å². The average Bonchev–Trinajstić information content (AvgIpc) is 3.28. The zero-order valence-corrected chi connectivity index (χ0v) is 23.0. The number of hydrogen-bond acceptors (Lipinski definition) is 9. The fourth-order valence-corrected chi connectivity index (χ4v) is 6.07. The molecule has 2 fully saturated rings. The molecule has 1 aliphatic carbocycles. The second-order valence-electron chi connectivity index (χ2n) is 10.1. The highest BCUT2D eigenvalue weighted by Crippen LogP contribution is 2.38. The summed E-state index contributed by atoms with van der Waals surface area (Å²) in [5.41, 5.74) is 13.9. The van der Waals surface area contributed by atoms with Crippen LogP contribution in [0.3, 0.4) is 0 Å². The molecule has 1 aromatic carbocycles. The van der Waals surface area contributed by atoms with Gasteiger partial charge in [-0.15, -0.1) is 0 Å². The highest BCUT2D eigenvalue weighted by Gasteiger charge is 2.27. The number of aromatic nitrogens is 2. The molecule has 2 aromatic heterocycles. The minimum atomic E-state index is -0.807. The minimum absolute atomic E-state index is 0.0219. The Kier molecular flexibility index (Phi) is 9.82. The molecule has 1 saturated heterocycles. The quantitative estimate of drug-likeness (QED) is 0.343. The number of halogens is 2. The third kappa shape index (κ3) is 7.28. The minimum Gasteiger partial charge on any atom is -0.490 e. The molecule has 1 saturated carbocycles. The SMILES string of the molecule is CNc1cnccc1C1CC(C)CC(N)C1.Nc1sc(-c2c(F)cc(OC3CCOCC3)cc2F)nc1C=O. The van der Waals surface area contributed by atoms with Crippen molar-refractivity contribution in [1.82, 2.24) is 9.97 Å². The van der Waals surface area contributed by atoms with Crippen LogP contribution in [-0.2, 0) is 4.74 Å². The number of thiazole rings is 1. The maximum atomic E-state index is 14.3. The fourth-order valence-electron chi connectivity index (χ4n) is 5.22. The molecular weight excluding hydrogens is 524 g/mol. The van der Waals surface area contributed by atoms with Crippen molar-refractivity contribution in [3.8, 4) is 16.3 Å². The van der Waals surface area contributed by atoms with Crippen LogP contribution in [0.25, 0.3) is 10.6 Å². The molecule has 3 aromatic rings. The van der Waals surface area contributed by atoms with Gasteiger partial charge in [0.25, 0.3) is 0 Å². The first-order valence-corrected chi connectivity index (χ1v) is 13.9. The van der Waals surface area contributed by atoms with Gasteiger partial charge in [0.1, 0.15) is 39.2 Å². The van der Waals surface area contributed by atoms with Gasteiger partial charge >= 0.3 is 0 Å². The van der Waals surface area contributed by atoms with Crippen LogP contribution >= 0.6 is 11.3 Å². The molecule has 3 atom stereocenters. The highest BCUT2D eigenvalue weighted by atomic mass is 32.1. The van der Waals surface area contributed by atoms with Gasteiger partial charge in [0.2, 0.25) is 0 Å². The van der Waals surface area contributed by atoms with Crippen molar-refractivity contribution in [3.63, 3.8) is 0 Å². The molecule has 3 heterocycles. The first kappa shape index (κ1) is 28.8. The lowest BCUT2D eigenvalue weighted by Gasteiger charge is -2.32. The van der Waals surface area contributed by atoms with Crippen molar-refractivity contribution >= 4 is 28.3 Å². The van der Waals surface area contributed by atoms with Crippen molar-refractivity contribution in [1.29, 1.82) is 0 Å². The molecule has 0 amide bonds. The first-order valence-electron chi connectivity index (χ1n) is 13.1. The number of nitrogens with zero attached hydrogens (tertiary/aromatic N) is 2. The van der Waals surface area contributed by atoms with Crippen LogP contribution in [0.1, 0.15) is 61.0 Å². The smallest absolute Gasteiger partial charge is 0.171 e. The van der Waals surface area contributed by atoms with E-state index >= 15 is 0 Å². The number of rotatable bonds is 6. The largest absolute Gasteiger partial charge is 0.490 e. The van der Waals surface area contributed by atoms with Crippen molar-refractivity contribution in [2.75, 3.05) is 31.3 Å². The monoisotopic (exact) mass is 559 g/mol. The molecular formula is C28H35F2N5O3S. The number of ether oxygens (including phenoxy) is 2. The topological polar surface area (TPSA) is 125 Å². The molecule has 210 valence electrons. The number of aldehydes is 1. The number of nitrogen functional groups attached to an aromatic ring is 1. The third-order valence-electron chi connectivity index (χ3n) is 7.04. The number of nitrogens with two attached hydrogens (primary N) is 2. The van der Waals surface area contributed by atoms with E-state index in [4.69, 9.17) is 20.9 Å². The summed E-state index contributed by atoms with van der Waals surface area (Å²) in [6, 6.07) is 4.71. The Morgan fingerprint density at radius 2 is 1.90 bits per heavy atom. The molecule has 1 aliphatic heterocycles. The van der Waals surface area contributed by atoms with Crippen LogP contribution in [0, 0.1) is 17.6 Å². The van der Waals surface area contributed by atoms with Gasteiger partial charge in [-0.25, -0.2) is 13.8 Å².